The summed E-state index contributed by atoms with van der Waals surface area (Å²) in [7, 11) is 0. The molecule has 0 N–H and O–H groups in total. The van der Waals surface area contributed by atoms with Crippen LogP contribution in [0.15, 0.2) is 66.7 Å². The Morgan fingerprint density at radius 2 is 0.786 bits per heavy atom. The van der Waals surface area contributed by atoms with Gasteiger partial charge in [-0.25, -0.2) is 0 Å². The van der Waals surface area contributed by atoms with E-state index in [0.29, 0.717) is 0 Å². The molecule has 4 heteroatoms. The molecule has 0 nitrogen and oxygen atoms in total. The van der Waals surface area contributed by atoms with E-state index in [1.165, 1.54) is 53.9 Å². The van der Waals surface area contributed by atoms with E-state index in [1.54, 1.807) is 0 Å². The highest BCUT2D eigenvalue weighted by Gasteiger charge is 2.32. The minimum absolute atomic E-state index is 0.879. The Hall–Kier alpha value is -2.03. The van der Waals surface area contributed by atoms with Crippen LogP contribution in [0.5, 0.6) is 0 Å². The predicted molar refractivity (Wildman–Crippen MR) is 128 cm³/mol. The summed E-state index contributed by atoms with van der Waals surface area (Å²) in [6.45, 7) is 0. The van der Waals surface area contributed by atoms with E-state index >= 15 is 0 Å². The zero-order valence-corrected chi connectivity index (χ0v) is 17.8. The van der Waals surface area contributed by atoms with Crippen molar-refractivity contribution in [3.63, 3.8) is 0 Å². The van der Waals surface area contributed by atoms with Crippen LogP contribution in [0.2, 0.25) is 0 Å². The third-order valence-electron chi connectivity index (χ3n) is 6.31. The van der Waals surface area contributed by atoms with E-state index in [9.17, 15) is 0 Å². The topological polar surface area (TPSA) is 0 Å². The molecule has 0 aliphatic heterocycles. The Balaban J connectivity index is 1.99. The molecule has 0 spiro atoms. The van der Waals surface area contributed by atoms with Crippen molar-refractivity contribution < 1.29 is 0 Å². The number of rotatable bonds is 1. The van der Waals surface area contributed by atoms with Gasteiger partial charge in [0.2, 0.25) is 0 Å². The summed E-state index contributed by atoms with van der Waals surface area (Å²) in [5.74, 6) is 0. The third kappa shape index (κ3) is 1.75. The molecule has 0 heterocycles. The first-order valence-corrected chi connectivity index (χ1v) is 14.2. The van der Waals surface area contributed by atoms with Crippen LogP contribution in [0, 0.1) is 0 Å². The molecule has 0 radical (unpaired) electrons. The van der Waals surface area contributed by atoms with Gasteiger partial charge in [0, 0.05) is 0 Å². The average Bonchev–Trinajstić information content (AvgIpc) is 2.70. The van der Waals surface area contributed by atoms with Gasteiger partial charge in [-0.2, -0.15) is 0 Å². The highest BCUT2D eigenvalue weighted by Crippen LogP contribution is 2.48. The second kappa shape index (κ2) is 4.92. The summed E-state index contributed by atoms with van der Waals surface area (Å²) in [5.41, 5.74) is 0. The first-order valence-electron chi connectivity index (χ1n) is 9.20. The lowest BCUT2D eigenvalue weighted by molar-refractivity contribution is 1.81. The predicted octanol–water partition coefficient (Wildman–Crippen LogP) is 7.78. The minimum atomic E-state index is -3.06. The monoisotopic (exact) mass is 432 g/mol. The van der Waals surface area contributed by atoms with Crippen LogP contribution in [0.1, 0.15) is 0 Å². The fraction of sp³-hybridized carbons (Fsp3) is 0. The largest absolute Gasteiger partial charge is 0.373 e. The Labute approximate surface area is 175 Å². The lowest BCUT2D eigenvalue weighted by Gasteiger charge is -2.23. The maximum absolute atomic E-state index is 6.55. The normalized spacial score (nSPS) is 13.5. The van der Waals surface area contributed by atoms with E-state index < -0.39 is 6.00 Å². The molecular weight excluding hydrogens is 423 g/mol. The van der Waals surface area contributed by atoms with Crippen LogP contribution >= 0.6 is 33.2 Å². The van der Waals surface area contributed by atoms with Crippen LogP contribution < -0.4 is 5.19 Å². The van der Waals surface area contributed by atoms with E-state index in [0.717, 1.165) is 16.0 Å². The maximum atomic E-state index is 6.55. The molecule has 0 fully saturated rings. The van der Waals surface area contributed by atoms with Crippen molar-refractivity contribution in [2.75, 3.05) is 0 Å². The van der Waals surface area contributed by atoms with Gasteiger partial charge in [-0.3, -0.25) is 0 Å². The Morgan fingerprint density at radius 1 is 0.429 bits per heavy atom. The molecule has 28 heavy (non-hydrogen) atoms. The fourth-order valence-corrected chi connectivity index (χ4v) is 7.46. The summed E-state index contributed by atoms with van der Waals surface area (Å²) in [4.78, 5) is 0. The Bertz CT molecular complexity index is 1640. The fourth-order valence-electron chi connectivity index (χ4n) is 5.22. The van der Waals surface area contributed by atoms with Crippen LogP contribution in [-0.2, 0) is 0 Å². The van der Waals surface area contributed by atoms with Gasteiger partial charge in [-0.05, 0) is 69.8 Å². The molecule has 7 aromatic rings. The van der Waals surface area contributed by atoms with Gasteiger partial charge < -0.3 is 0 Å². The molecule has 132 valence electrons. The zero-order chi connectivity index (χ0) is 18.8. The SMILES string of the molecule is Cl[Si](Cl)(Cl)c1cc2ccc3ccc4ccc5ccc6ccc1c1c6c5c4c3c21. The number of benzene rings is 7. The van der Waals surface area contributed by atoms with Gasteiger partial charge in [0.15, 0.2) is 0 Å². The summed E-state index contributed by atoms with van der Waals surface area (Å²) in [6, 6.07) is 21.1. The zero-order valence-electron chi connectivity index (χ0n) is 14.5. The molecule has 0 saturated heterocycles. The van der Waals surface area contributed by atoms with Crippen molar-refractivity contribution in [3.05, 3.63) is 66.7 Å². The van der Waals surface area contributed by atoms with Crippen molar-refractivity contribution in [2.45, 2.75) is 0 Å². The smallest absolute Gasteiger partial charge is 0.121 e. The quantitative estimate of drug-likeness (QED) is 0.107. The molecule has 0 atom stereocenters. The minimum Gasteiger partial charge on any atom is -0.121 e. The highest BCUT2D eigenvalue weighted by molar-refractivity contribution is 7.69. The molecule has 0 aliphatic rings. The molecular formula is C24H11Cl3Si. The van der Waals surface area contributed by atoms with Crippen molar-refractivity contribution >= 4 is 109 Å². The molecule has 0 saturated carbocycles. The third-order valence-corrected chi connectivity index (χ3v) is 9.16. The molecule has 0 amide bonds. The Morgan fingerprint density at radius 3 is 1.25 bits per heavy atom. The summed E-state index contributed by atoms with van der Waals surface area (Å²) in [6.07, 6.45) is 0. The number of hydrogen-bond acceptors (Lipinski definition) is 0. The van der Waals surface area contributed by atoms with Gasteiger partial charge in [0.05, 0.1) is 0 Å². The summed E-state index contributed by atoms with van der Waals surface area (Å²) < 4.78 is 0. The second-order valence-corrected chi connectivity index (χ2v) is 16.0. The molecule has 7 rings (SSSR count). The Kier molecular flexibility index (Phi) is 2.79. The van der Waals surface area contributed by atoms with Gasteiger partial charge in [0.25, 0.3) is 0 Å². The first kappa shape index (κ1) is 15.8. The lowest BCUT2D eigenvalue weighted by Crippen LogP contribution is -2.31. The van der Waals surface area contributed by atoms with Gasteiger partial charge in [-0.15, -0.1) is 33.2 Å². The van der Waals surface area contributed by atoms with Crippen molar-refractivity contribution in [2.24, 2.45) is 0 Å². The number of halogens is 3. The first-order chi connectivity index (χ1) is 13.5. The van der Waals surface area contributed by atoms with Crippen molar-refractivity contribution in [3.8, 4) is 0 Å². The summed E-state index contributed by atoms with van der Waals surface area (Å²) >= 11 is 19.6. The van der Waals surface area contributed by atoms with Crippen LogP contribution in [-0.4, -0.2) is 6.00 Å². The van der Waals surface area contributed by atoms with Gasteiger partial charge in [-0.1, -0.05) is 66.7 Å². The van der Waals surface area contributed by atoms with E-state index in [-0.39, 0.29) is 0 Å². The van der Waals surface area contributed by atoms with Gasteiger partial charge in [0.1, 0.15) is 0 Å². The maximum Gasteiger partial charge on any atom is 0.373 e. The van der Waals surface area contributed by atoms with Gasteiger partial charge >= 0.3 is 6.00 Å². The molecule has 7 aromatic carbocycles. The summed E-state index contributed by atoms with van der Waals surface area (Å²) in [5, 5.41) is 16.0. The van der Waals surface area contributed by atoms with Crippen LogP contribution in [0.4, 0.5) is 0 Å². The second-order valence-electron chi connectivity index (χ2n) is 7.66. The molecule has 0 aliphatic carbocycles. The average molecular weight is 434 g/mol. The van der Waals surface area contributed by atoms with Crippen molar-refractivity contribution in [1.82, 2.24) is 0 Å². The molecule has 0 aromatic heterocycles. The number of hydrogen-bond donors (Lipinski definition) is 0. The van der Waals surface area contributed by atoms with Crippen molar-refractivity contribution in [1.29, 1.82) is 0 Å². The van der Waals surface area contributed by atoms with Crippen LogP contribution in [0.25, 0.3) is 64.6 Å². The van der Waals surface area contributed by atoms with E-state index in [4.69, 9.17) is 33.2 Å². The van der Waals surface area contributed by atoms with E-state index in [1.807, 2.05) is 0 Å². The standard InChI is InChI=1S/C24H11Cl3Si/c25-28(26,27)18-11-16-8-7-14-4-2-12-1-3-13-5-6-15-9-10-17(18)24-22(15)20(13)19(12)21(14)23(16)24/h1-11H. The molecule has 0 unspecified atom stereocenters. The van der Waals surface area contributed by atoms with Crippen LogP contribution in [0.3, 0.4) is 0 Å². The lowest BCUT2D eigenvalue weighted by atomic mass is 9.83. The highest BCUT2D eigenvalue weighted by atomic mass is 35.8. The van der Waals surface area contributed by atoms with E-state index in [2.05, 4.69) is 66.7 Å². The molecule has 0 bridgehead atoms.